The minimum atomic E-state index is -0.604. The predicted octanol–water partition coefficient (Wildman–Crippen LogP) is 3.93. The third-order valence-corrected chi connectivity index (χ3v) is 5.87. The van der Waals surface area contributed by atoms with Crippen LogP contribution in [0.25, 0.3) is 10.6 Å². The van der Waals surface area contributed by atoms with Crippen LogP contribution in [-0.4, -0.2) is 28.1 Å². The lowest BCUT2D eigenvalue weighted by atomic mass is 10.0. The SMILES string of the molecule is Cc1ccc(-c2nnc(NC(=O)C(C)NC(=O)CCC3CCCC3)s2)cc1. The Morgan fingerprint density at radius 2 is 1.89 bits per heavy atom. The summed E-state index contributed by atoms with van der Waals surface area (Å²) in [6.07, 6.45) is 6.40. The van der Waals surface area contributed by atoms with Crippen LogP contribution in [0, 0.1) is 12.8 Å². The van der Waals surface area contributed by atoms with Gasteiger partial charge in [-0.15, -0.1) is 10.2 Å². The zero-order valence-corrected chi connectivity index (χ0v) is 16.6. The van der Waals surface area contributed by atoms with E-state index < -0.39 is 6.04 Å². The monoisotopic (exact) mass is 386 g/mol. The van der Waals surface area contributed by atoms with Crippen molar-refractivity contribution in [3.05, 3.63) is 29.8 Å². The first-order chi connectivity index (χ1) is 13.0. The smallest absolute Gasteiger partial charge is 0.248 e. The van der Waals surface area contributed by atoms with Crippen LogP contribution >= 0.6 is 11.3 Å². The summed E-state index contributed by atoms with van der Waals surface area (Å²) < 4.78 is 0. The number of nitrogens with zero attached hydrogens (tertiary/aromatic N) is 2. The molecule has 0 spiro atoms. The van der Waals surface area contributed by atoms with Crippen LogP contribution in [0.1, 0.15) is 51.0 Å². The normalized spacial score (nSPS) is 15.5. The molecule has 0 saturated heterocycles. The highest BCUT2D eigenvalue weighted by molar-refractivity contribution is 7.18. The molecule has 0 radical (unpaired) electrons. The third kappa shape index (κ3) is 5.60. The molecule has 1 heterocycles. The number of hydrogen-bond acceptors (Lipinski definition) is 5. The summed E-state index contributed by atoms with van der Waals surface area (Å²) in [5.41, 5.74) is 2.14. The fourth-order valence-electron chi connectivity index (χ4n) is 3.31. The number of aromatic nitrogens is 2. The van der Waals surface area contributed by atoms with E-state index in [-0.39, 0.29) is 11.8 Å². The number of benzene rings is 1. The molecule has 1 aliphatic rings. The molecule has 0 bridgehead atoms. The van der Waals surface area contributed by atoms with Gasteiger partial charge in [0.2, 0.25) is 16.9 Å². The number of aryl methyl sites for hydroxylation is 1. The van der Waals surface area contributed by atoms with Gasteiger partial charge in [0.05, 0.1) is 0 Å². The van der Waals surface area contributed by atoms with Crippen molar-refractivity contribution in [3.63, 3.8) is 0 Å². The van der Waals surface area contributed by atoms with E-state index in [0.717, 1.165) is 17.0 Å². The summed E-state index contributed by atoms with van der Waals surface area (Å²) in [6, 6.07) is 7.38. The lowest BCUT2D eigenvalue weighted by Crippen LogP contribution is -2.41. The molecule has 2 amide bonds. The number of carbonyl (C=O) groups excluding carboxylic acids is 2. The van der Waals surface area contributed by atoms with Crippen LogP contribution in [0.15, 0.2) is 24.3 Å². The fourth-order valence-corrected chi connectivity index (χ4v) is 4.07. The first-order valence-corrected chi connectivity index (χ1v) is 10.3. The molecule has 2 aromatic rings. The molecular formula is C20H26N4O2S. The Bertz CT molecular complexity index is 782. The molecule has 2 N–H and O–H groups in total. The lowest BCUT2D eigenvalue weighted by Gasteiger charge is -2.14. The van der Waals surface area contributed by atoms with Crippen molar-refractivity contribution >= 4 is 28.3 Å². The van der Waals surface area contributed by atoms with E-state index in [1.807, 2.05) is 31.2 Å². The van der Waals surface area contributed by atoms with Gasteiger partial charge in [0.15, 0.2) is 0 Å². The topological polar surface area (TPSA) is 84.0 Å². The second-order valence-corrected chi connectivity index (χ2v) is 8.22. The van der Waals surface area contributed by atoms with Crippen LogP contribution < -0.4 is 10.6 Å². The zero-order valence-electron chi connectivity index (χ0n) is 15.8. The van der Waals surface area contributed by atoms with E-state index in [0.29, 0.717) is 17.5 Å². The third-order valence-electron chi connectivity index (χ3n) is 4.98. The maximum absolute atomic E-state index is 12.3. The van der Waals surface area contributed by atoms with Gasteiger partial charge in [-0.1, -0.05) is 66.8 Å². The molecule has 1 fully saturated rings. The summed E-state index contributed by atoms with van der Waals surface area (Å²) in [5.74, 6) is 0.319. The van der Waals surface area contributed by atoms with Gasteiger partial charge in [0.25, 0.3) is 0 Å². The van der Waals surface area contributed by atoms with E-state index in [9.17, 15) is 9.59 Å². The standard InChI is InChI=1S/C20H26N4O2S/c1-13-7-10-16(11-8-13)19-23-24-20(27-19)22-18(26)14(2)21-17(25)12-9-15-5-3-4-6-15/h7-8,10-11,14-15H,3-6,9,12H2,1-2H3,(H,21,25)(H,22,24,26). The second-order valence-electron chi connectivity index (χ2n) is 7.25. The van der Waals surface area contributed by atoms with Gasteiger partial charge in [-0.2, -0.15) is 0 Å². The maximum Gasteiger partial charge on any atom is 0.248 e. The van der Waals surface area contributed by atoms with Crippen molar-refractivity contribution in [1.29, 1.82) is 0 Å². The number of amides is 2. The van der Waals surface area contributed by atoms with E-state index in [4.69, 9.17) is 0 Å². The Morgan fingerprint density at radius 3 is 2.59 bits per heavy atom. The summed E-state index contributed by atoms with van der Waals surface area (Å²) in [6.45, 7) is 3.71. The number of carbonyl (C=O) groups is 2. The van der Waals surface area contributed by atoms with Crippen LogP contribution in [-0.2, 0) is 9.59 Å². The van der Waals surface area contributed by atoms with Crippen LogP contribution in [0.5, 0.6) is 0 Å². The largest absolute Gasteiger partial charge is 0.345 e. The lowest BCUT2D eigenvalue weighted by molar-refractivity contribution is -0.126. The molecule has 1 aliphatic carbocycles. The fraction of sp³-hybridized carbons (Fsp3) is 0.500. The van der Waals surface area contributed by atoms with Crippen LogP contribution in [0.4, 0.5) is 5.13 Å². The summed E-state index contributed by atoms with van der Waals surface area (Å²) >= 11 is 1.32. The summed E-state index contributed by atoms with van der Waals surface area (Å²) in [5, 5.41) is 14.9. The van der Waals surface area contributed by atoms with Gasteiger partial charge >= 0.3 is 0 Å². The molecule has 27 heavy (non-hydrogen) atoms. The average Bonchev–Trinajstić information content (AvgIpc) is 3.32. The van der Waals surface area contributed by atoms with E-state index in [1.54, 1.807) is 6.92 Å². The van der Waals surface area contributed by atoms with Gasteiger partial charge in [0.1, 0.15) is 11.0 Å². The minimum Gasteiger partial charge on any atom is -0.345 e. The van der Waals surface area contributed by atoms with Gasteiger partial charge in [0, 0.05) is 12.0 Å². The van der Waals surface area contributed by atoms with Gasteiger partial charge in [-0.25, -0.2) is 0 Å². The number of nitrogens with one attached hydrogen (secondary N) is 2. The highest BCUT2D eigenvalue weighted by Crippen LogP contribution is 2.28. The Labute approximate surface area is 163 Å². The summed E-state index contributed by atoms with van der Waals surface area (Å²) in [7, 11) is 0. The average molecular weight is 387 g/mol. The highest BCUT2D eigenvalue weighted by Gasteiger charge is 2.20. The van der Waals surface area contributed by atoms with E-state index in [2.05, 4.69) is 20.8 Å². The minimum absolute atomic E-state index is 0.0674. The molecule has 1 unspecified atom stereocenters. The van der Waals surface area contributed by atoms with E-state index >= 15 is 0 Å². The molecule has 3 rings (SSSR count). The molecular weight excluding hydrogens is 360 g/mol. The first kappa shape index (κ1) is 19.5. The Hall–Kier alpha value is -2.28. The molecule has 6 nitrogen and oxygen atoms in total. The van der Waals surface area contributed by atoms with Crippen molar-refractivity contribution in [2.75, 3.05) is 5.32 Å². The van der Waals surface area contributed by atoms with Crippen molar-refractivity contribution in [1.82, 2.24) is 15.5 Å². The number of rotatable bonds is 7. The van der Waals surface area contributed by atoms with Crippen molar-refractivity contribution in [2.24, 2.45) is 5.92 Å². The van der Waals surface area contributed by atoms with Crippen molar-refractivity contribution < 1.29 is 9.59 Å². The Kier molecular flexibility index (Phi) is 6.55. The molecule has 7 heteroatoms. The molecule has 144 valence electrons. The quantitative estimate of drug-likeness (QED) is 0.755. The molecule has 0 aliphatic heterocycles. The Morgan fingerprint density at radius 1 is 1.19 bits per heavy atom. The molecule has 1 atom stereocenters. The van der Waals surface area contributed by atoms with Gasteiger partial charge in [-0.3, -0.25) is 14.9 Å². The van der Waals surface area contributed by atoms with Crippen molar-refractivity contribution in [3.8, 4) is 10.6 Å². The zero-order chi connectivity index (χ0) is 19.2. The number of hydrogen-bond donors (Lipinski definition) is 2. The highest BCUT2D eigenvalue weighted by atomic mass is 32.1. The van der Waals surface area contributed by atoms with Crippen molar-refractivity contribution in [2.45, 2.75) is 58.4 Å². The van der Waals surface area contributed by atoms with E-state index in [1.165, 1.54) is 42.6 Å². The maximum atomic E-state index is 12.3. The van der Waals surface area contributed by atoms with Gasteiger partial charge < -0.3 is 5.32 Å². The van der Waals surface area contributed by atoms with Gasteiger partial charge in [-0.05, 0) is 26.2 Å². The van der Waals surface area contributed by atoms with Crippen LogP contribution in [0.3, 0.4) is 0 Å². The van der Waals surface area contributed by atoms with Crippen LogP contribution in [0.2, 0.25) is 0 Å². The Balaban J connectivity index is 1.47. The summed E-state index contributed by atoms with van der Waals surface area (Å²) in [4.78, 5) is 24.4. The number of anilines is 1. The molecule has 1 aromatic heterocycles. The molecule has 1 aromatic carbocycles. The first-order valence-electron chi connectivity index (χ1n) is 9.52. The molecule has 1 saturated carbocycles. The predicted molar refractivity (Wildman–Crippen MR) is 108 cm³/mol. The second kappa shape index (κ2) is 9.08.